The van der Waals surface area contributed by atoms with Gasteiger partial charge in [-0.05, 0) is 54.1 Å². The van der Waals surface area contributed by atoms with E-state index in [9.17, 15) is 9.59 Å². The molecule has 0 radical (unpaired) electrons. The van der Waals surface area contributed by atoms with Crippen LogP contribution in [-0.4, -0.2) is 11.8 Å². The van der Waals surface area contributed by atoms with Crippen molar-refractivity contribution >= 4 is 64.1 Å². The first-order valence-corrected chi connectivity index (χ1v) is 9.66. The topological polar surface area (TPSA) is 58.2 Å². The smallest absolute Gasteiger partial charge is 0.255 e. The molecule has 7 heteroatoms. The second-order valence-corrected chi connectivity index (χ2v) is 7.25. The first-order chi connectivity index (χ1) is 13.9. The number of nitrogens with one attached hydrogen (secondary N) is 2. The van der Waals surface area contributed by atoms with Crippen LogP contribution in [0, 0.1) is 0 Å². The Morgan fingerprint density at radius 2 is 1.55 bits per heavy atom. The van der Waals surface area contributed by atoms with Gasteiger partial charge in [0.15, 0.2) is 0 Å². The van der Waals surface area contributed by atoms with E-state index in [0.717, 1.165) is 0 Å². The Labute approximate surface area is 183 Å². The van der Waals surface area contributed by atoms with Crippen LogP contribution in [-0.2, 0) is 4.79 Å². The molecule has 0 unspecified atom stereocenters. The van der Waals surface area contributed by atoms with Gasteiger partial charge in [0.25, 0.3) is 5.91 Å². The lowest BCUT2D eigenvalue weighted by Crippen LogP contribution is -2.12. The van der Waals surface area contributed by atoms with Gasteiger partial charge in [0, 0.05) is 27.4 Å². The lowest BCUT2D eigenvalue weighted by atomic mass is 10.2. The second kappa shape index (κ2) is 9.61. The lowest BCUT2D eigenvalue weighted by molar-refractivity contribution is -0.111. The van der Waals surface area contributed by atoms with E-state index in [4.69, 9.17) is 34.8 Å². The SMILES string of the molecule is O=C(/C=C/c1ccc(Cl)cc1Cl)Nc1ccc(NC(=O)c2ccccc2)c(Cl)c1. The van der Waals surface area contributed by atoms with Gasteiger partial charge in [-0.15, -0.1) is 0 Å². The first-order valence-electron chi connectivity index (χ1n) is 8.52. The molecule has 2 amide bonds. The van der Waals surface area contributed by atoms with Crippen molar-refractivity contribution in [3.8, 4) is 0 Å². The highest BCUT2D eigenvalue weighted by Crippen LogP contribution is 2.26. The van der Waals surface area contributed by atoms with Gasteiger partial charge < -0.3 is 10.6 Å². The molecule has 0 spiro atoms. The molecule has 0 aliphatic heterocycles. The predicted molar refractivity (Wildman–Crippen MR) is 120 cm³/mol. The molecule has 0 aliphatic rings. The molecule has 0 fully saturated rings. The zero-order chi connectivity index (χ0) is 20.8. The van der Waals surface area contributed by atoms with Gasteiger partial charge in [-0.3, -0.25) is 9.59 Å². The molecule has 0 heterocycles. The van der Waals surface area contributed by atoms with Gasteiger partial charge >= 0.3 is 0 Å². The number of halogens is 3. The average Bonchev–Trinajstić information content (AvgIpc) is 2.70. The van der Waals surface area contributed by atoms with E-state index in [1.54, 1.807) is 66.7 Å². The van der Waals surface area contributed by atoms with E-state index in [1.807, 2.05) is 6.07 Å². The number of carbonyl (C=O) groups is 2. The Bertz CT molecular complexity index is 1080. The van der Waals surface area contributed by atoms with E-state index < -0.39 is 0 Å². The quantitative estimate of drug-likeness (QED) is 0.437. The second-order valence-electron chi connectivity index (χ2n) is 6.00. The molecule has 0 aliphatic carbocycles. The fourth-order valence-electron chi connectivity index (χ4n) is 2.46. The van der Waals surface area contributed by atoms with Gasteiger partial charge in [0.05, 0.1) is 10.7 Å². The Hall–Kier alpha value is -2.79. The molecule has 3 aromatic carbocycles. The summed E-state index contributed by atoms with van der Waals surface area (Å²) >= 11 is 18.2. The summed E-state index contributed by atoms with van der Waals surface area (Å²) in [7, 11) is 0. The number of anilines is 2. The van der Waals surface area contributed by atoms with Gasteiger partial charge in [-0.25, -0.2) is 0 Å². The summed E-state index contributed by atoms with van der Waals surface area (Å²) in [6.45, 7) is 0. The molecule has 0 aromatic heterocycles. The highest BCUT2D eigenvalue weighted by atomic mass is 35.5. The Morgan fingerprint density at radius 3 is 2.24 bits per heavy atom. The van der Waals surface area contributed by atoms with Crippen molar-refractivity contribution in [3.05, 3.63) is 99.0 Å². The van der Waals surface area contributed by atoms with E-state index >= 15 is 0 Å². The van der Waals surface area contributed by atoms with Crippen LogP contribution in [0.5, 0.6) is 0 Å². The van der Waals surface area contributed by atoms with Crippen LogP contribution in [0.15, 0.2) is 72.8 Å². The van der Waals surface area contributed by atoms with Gasteiger partial charge in [-0.1, -0.05) is 59.1 Å². The first kappa shape index (κ1) is 20.9. The van der Waals surface area contributed by atoms with Crippen LogP contribution < -0.4 is 10.6 Å². The summed E-state index contributed by atoms with van der Waals surface area (Å²) in [6.07, 6.45) is 2.94. The molecule has 0 saturated heterocycles. The maximum Gasteiger partial charge on any atom is 0.255 e. The molecule has 2 N–H and O–H groups in total. The zero-order valence-corrected chi connectivity index (χ0v) is 17.2. The molecule has 29 heavy (non-hydrogen) atoms. The van der Waals surface area contributed by atoms with Crippen molar-refractivity contribution in [3.63, 3.8) is 0 Å². The van der Waals surface area contributed by atoms with Gasteiger partial charge in [0.2, 0.25) is 5.91 Å². The summed E-state index contributed by atoms with van der Waals surface area (Å²) in [6, 6.07) is 18.6. The molecule has 0 bridgehead atoms. The number of amides is 2. The minimum atomic E-state index is -0.354. The minimum Gasteiger partial charge on any atom is -0.322 e. The van der Waals surface area contributed by atoms with Gasteiger partial charge in [0.1, 0.15) is 0 Å². The zero-order valence-electron chi connectivity index (χ0n) is 15.0. The van der Waals surface area contributed by atoms with E-state index in [2.05, 4.69) is 10.6 Å². The molecule has 3 aromatic rings. The average molecular weight is 446 g/mol. The minimum absolute atomic E-state index is 0.271. The Morgan fingerprint density at radius 1 is 0.793 bits per heavy atom. The fraction of sp³-hybridized carbons (Fsp3) is 0. The van der Waals surface area contributed by atoms with E-state index in [0.29, 0.717) is 37.6 Å². The maximum atomic E-state index is 12.2. The summed E-state index contributed by atoms with van der Waals surface area (Å²) < 4.78 is 0. The molecule has 146 valence electrons. The molecule has 4 nitrogen and oxygen atoms in total. The van der Waals surface area contributed by atoms with Crippen molar-refractivity contribution in [1.29, 1.82) is 0 Å². The highest BCUT2D eigenvalue weighted by Gasteiger charge is 2.09. The molecule has 0 atom stereocenters. The van der Waals surface area contributed by atoms with Crippen LogP contribution in [0.1, 0.15) is 15.9 Å². The highest BCUT2D eigenvalue weighted by molar-refractivity contribution is 6.35. The maximum absolute atomic E-state index is 12.2. The van der Waals surface area contributed by atoms with Crippen molar-refractivity contribution in [2.24, 2.45) is 0 Å². The third kappa shape index (κ3) is 5.84. The summed E-state index contributed by atoms with van der Waals surface area (Å²) in [4.78, 5) is 24.4. The monoisotopic (exact) mass is 444 g/mol. The normalized spacial score (nSPS) is 10.7. The van der Waals surface area contributed by atoms with Crippen molar-refractivity contribution in [2.75, 3.05) is 10.6 Å². The van der Waals surface area contributed by atoms with Crippen LogP contribution in [0.2, 0.25) is 15.1 Å². The van der Waals surface area contributed by atoms with Gasteiger partial charge in [-0.2, -0.15) is 0 Å². The van der Waals surface area contributed by atoms with Crippen LogP contribution in [0.3, 0.4) is 0 Å². The third-order valence-corrected chi connectivity index (χ3v) is 4.77. The molecular formula is C22H15Cl3N2O2. The summed E-state index contributed by atoms with van der Waals surface area (Å²) in [5.74, 6) is -0.625. The third-order valence-electron chi connectivity index (χ3n) is 3.90. The fourth-order valence-corrected chi connectivity index (χ4v) is 3.16. The standard InChI is InChI=1S/C22H15Cl3N2O2/c23-16-8-6-14(18(24)12-16)7-11-21(28)26-17-9-10-20(19(25)13-17)27-22(29)15-4-2-1-3-5-15/h1-13H,(H,26,28)(H,27,29)/b11-7+. The van der Waals surface area contributed by atoms with E-state index in [-0.39, 0.29) is 11.8 Å². The number of hydrogen-bond donors (Lipinski definition) is 2. The van der Waals surface area contributed by atoms with Crippen LogP contribution in [0.4, 0.5) is 11.4 Å². The van der Waals surface area contributed by atoms with Crippen molar-refractivity contribution in [2.45, 2.75) is 0 Å². The van der Waals surface area contributed by atoms with Crippen molar-refractivity contribution in [1.82, 2.24) is 0 Å². The van der Waals surface area contributed by atoms with Crippen LogP contribution in [0.25, 0.3) is 6.08 Å². The summed E-state index contributed by atoms with van der Waals surface area (Å²) in [5.41, 5.74) is 2.13. The molecule has 3 rings (SSSR count). The molecular weight excluding hydrogens is 431 g/mol. The van der Waals surface area contributed by atoms with E-state index in [1.165, 1.54) is 6.08 Å². The Balaban J connectivity index is 1.64. The number of benzene rings is 3. The van der Waals surface area contributed by atoms with Crippen molar-refractivity contribution < 1.29 is 9.59 Å². The van der Waals surface area contributed by atoms with Crippen LogP contribution >= 0.6 is 34.8 Å². The number of carbonyl (C=O) groups excluding carboxylic acids is 2. The number of hydrogen-bond acceptors (Lipinski definition) is 2. The number of rotatable bonds is 5. The summed E-state index contributed by atoms with van der Waals surface area (Å²) in [5, 5.41) is 6.71. The molecule has 0 saturated carbocycles. The predicted octanol–water partition coefficient (Wildman–Crippen LogP) is 6.55. The Kier molecular flexibility index (Phi) is 6.94. The largest absolute Gasteiger partial charge is 0.322 e. The lowest BCUT2D eigenvalue weighted by Gasteiger charge is -2.09.